The van der Waals surface area contributed by atoms with Crippen LogP contribution in [0.3, 0.4) is 0 Å². The van der Waals surface area contributed by atoms with Crippen molar-refractivity contribution in [3.8, 4) is 0 Å². The molecule has 1 atom stereocenters. The second kappa shape index (κ2) is 5.06. The maximum absolute atomic E-state index is 12.0. The number of hydrogen-bond acceptors (Lipinski definition) is 6. The zero-order valence-corrected chi connectivity index (χ0v) is 12.4. The van der Waals surface area contributed by atoms with Crippen molar-refractivity contribution in [2.45, 2.75) is 19.4 Å². The molecule has 7 nitrogen and oxygen atoms in total. The molecule has 1 unspecified atom stereocenters. The van der Waals surface area contributed by atoms with Gasteiger partial charge < -0.3 is 4.74 Å². The summed E-state index contributed by atoms with van der Waals surface area (Å²) in [5, 5.41) is 5.68. The standard InChI is InChI=1S/C11H15N3O4S2/c12-20(16,17)6-7-3-10(15)14(4-7)11-13-8-1-2-18-5-9(8)19-11/h7H,1-6H2,(H2,12,16,17). The zero-order chi connectivity index (χ0) is 14.3. The molecule has 1 amide bonds. The number of rotatable bonds is 3. The molecule has 3 rings (SSSR count). The van der Waals surface area contributed by atoms with Crippen LogP contribution in [0.15, 0.2) is 0 Å². The Morgan fingerprint density at radius 2 is 2.30 bits per heavy atom. The molecule has 1 aromatic heterocycles. The molecule has 0 aliphatic carbocycles. The number of hydrogen-bond donors (Lipinski definition) is 1. The van der Waals surface area contributed by atoms with Gasteiger partial charge in [0.1, 0.15) is 0 Å². The number of anilines is 1. The average Bonchev–Trinajstić information content (AvgIpc) is 2.90. The van der Waals surface area contributed by atoms with Gasteiger partial charge in [0.05, 0.1) is 29.5 Å². The van der Waals surface area contributed by atoms with Gasteiger partial charge in [-0.2, -0.15) is 0 Å². The second-order valence-electron chi connectivity index (χ2n) is 5.07. The second-order valence-corrected chi connectivity index (χ2v) is 7.79. The summed E-state index contributed by atoms with van der Waals surface area (Å²) in [7, 11) is -3.55. The van der Waals surface area contributed by atoms with Crippen molar-refractivity contribution in [2.24, 2.45) is 11.1 Å². The number of carbonyl (C=O) groups excluding carboxylic acids is 1. The van der Waals surface area contributed by atoms with Crippen molar-refractivity contribution >= 4 is 32.4 Å². The summed E-state index contributed by atoms with van der Waals surface area (Å²) in [6.07, 6.45) is 0.964. The molecule has 2 aliphatic rings. The predicted octanol–water partition coefficient (Wildman–Crippen LogP) is -0.143. The first-order valence-electron chi connectivity index (χ1n) is 6.29. The third-order valence-electron chi connectivity index (χ3n) is 3.39. The van der Waals surface area contributed by atoms with E-state index < -0.39 is 10.0 Å². The van der Waals surface area contributed by atoms with Gasteiger partial charge in [-0.1, -0.05) is 11.3 Å². The fraction of sp³-hybridized carbons (Fsp3) is 0.636. The van der Waals surface area contributed by atoms with Crippen LogP contribution in [-0.4, -0.2) is 38.2 Å². The molecule has 2 N–H and O–H groups in total. The van der Waals surface area contributed by atoms with Crippen molar-refractivity contribution in [1.29, 1.82) is 0 Å². The fourth-order valence-electron chi connectivity index (χ4n) is 2.53. The largest absolute Gasteiger partial charge is 0.375 e. The van der Waals surface area contributed by atoms with Crippen LogP contribution in [-0.2, 0) is 32.6 Å². The topological polar surface area (TPSA) is 103 Å². The highest BCUT2D eigenvalue weighted by Crippen LogP contribution is 2.33. The van der Waals surface area contributed by atoms with E-state index in [4.69, 9.17) is 9.88 Å². The highest BCUT2D eigenvalue weighted by molar-refractivity contribution is 7.89. The summed E-state index contributed by atoms with van der Waals surface area (Å²) < 4.78 is 27.6. The van der Waals surface area contributed by atoms with Gasteiger partial charge >= 0.3 is 0 Å². The number of carbonyl (C=O) groups is 1. The maximum Gasteiger partial charge on any atom is 0.229 e. The van der Waals surface area contributed by atoms with Crippen LogP contribution in [0.4, 0.5) is 5.13 Å². The number of sulfonamides is 1. The van der Waals surface area contributed by atoms with Crippen LogP contribution >= 0.6 is 11.3 Å². The van der Waals surface area contributed by atoms with E-state index in [0.29, 0.717) is 24.9 Å². The molecule has 0 bridgehead atoms. The Bertz CT molecular complexity index is 617. The SMILES string of the molecule is NS(=O)(=O)CC1CC(=O)N(c2nc3c(s2)COCC3)C1. The molecule has 0 spiro atoms. The molecule has 0 saturated carbocycles. The molecule has 1 aromatic rings. The third-order valence-corrected chi connectivity index (χ3v) is 5.42. The number of amides is 1. The van der Waals surface area contributed by atoms with Gasteiger partial charge in [0.15, 0.2) is 5.13 Å². The summed E-state index contributed by atoms with van der Waals surface area (Å²) in [5.41, 5.74) is 0.985. The first-order chi connectivity index (χ1) is 9.42. The van der Waals surface area contributed by atoms with E-state index >= 15 is 0 Å². The van der Waals surface area contributed by atoms with E-state index in [-0.39, 0.29) is 24.0 Å². The molecule has 20 heavy (non-hydrogen) atoms. The summed E-state index contributed by atoms with van der Waals surface area (Å²) in [5.74, 6) is -0.510. The Morgan fingerprint density at radius 1 is 1.50 bits per heavy atom. The lowest BCUT2D eigenvalue weighted by atomic mass is 10.1. The number of primary sulfonamides is 1. The average molecular weight is 317 g/mol. The van der Waals surface area contributed by atoms with Gasteiger partial charge in [-0.25, -0.2) is 18.5 Å². The van der Waals surface area contributed by atoms with Crippen molar-refractivity contribution < 1.29 is 17.9 Å². The molecule has 0 aromatic carbocycles. The van der Waals surface area contributed by atoms with E-state index in [2.05, 4.69) is 4.98 Å². The van der Waals surface area contributed by atoms with Gasteiger partial charge in [-0.05, 0) is 0 Å². The van der Waals surface area contributed by atoms with Crippen LogP contribution in [0.1, 0.15) is 17.0 Å². The molecular formula is C11H15N3O4S2. The Labute approximate surface area is 120 Å². The van der Waals surface area contributed by atoms with Gasteiger partial charge in [-0.15, -0.1) is 0 Å². The fourth-order valence-corrected chi connectivity index (χ4v) is 4.48. The minimum Gasteiger partial charge on any atom is -0.375 e. The minimum absolute atomic E-state index is 0.0920. The van der Waals surface area contributed by atoms with Crippen molar-refractivity contribution in [3.05, 3.63) is 10.6 Å². The van der Waals surface area contributed by atoms with E-state index in [1.807, 2.05) is 0 Å². The van der Waals surface area contributed by atoms with Crippen LogP contribution in [0.5, 0.6) is 0 Å². The number of ether oxygens (including phenoxy) is 1. The third kappa shape index (κ3) is 2.85. The maximum atomic E-state index is 12.0. The molecule has 3 heterocycles. The Balaban J connectivity index is 1.77. The van der Waals surface area contributed by atoms with E-state index in [9.17, 15) is 13.2 Å². The lowest BCUT2D eigenvalue weighted by Crippen LogP contribution is -2.27. The van der Waals surface area contributed by atoms with Crippen LogP contribution in [0.25, 0.3) is 0 Å². The summed E-state index contributed by atoms with van der Waals surface area (Å²) in [6, 6.07) is 0. The van der Waals surface area contributed by atoms with Crippen LogP contribution < -0.4 is 10.0 Å². The first-order valence-corrected chi connectivity index (χ1v) is 8.83. The molecule has 1 saturated heterocycles. The summed E-state index contributed by atoms with van der Waals surface area (Å²) in [6.45, 7) is 1.55. The summed E-state index contributed by atoms with van der Waals surface area (Å²) >= 11 is 1.44. The molecular weight excluding hydrogens is 302 g/mol. The quantitative estimate of drug-likeness (QED) is 0.835. The molecule has 9 heteroatoms. The van der Waals surface area contributed by atoms with Crippen LogP contribution in [0, 0.1) is 5.92 Å². The molecule has 0 radical (unpaired) electrons. The number of nitrogens with zero attached hydrogens (tertiary/aromatic N) is 2. The van der Waals surface area contributed by atoms with E-state index in [1.165, 1.54) is 11.3 Å². The number of nitrogens with two attached hydrogens (primary N) is 1. The van der Waals surface area contributed by atoms with Gasteiger partial charge in [-0.3, -0.25) is 9.69 Å². The molecule has 1 fully saturated rings. The Hall–Kier alpha value is -1.03. The smallest absolute Gasteiger partial charge is 0.229 e. The zero-order valence-electron chi connectivity index (χ0n) is 10.7. The lowest BCUT2D eigenvalue weighted by Gasteiger charge is -2.12. The molecule has 110 valence electrons. The Morgan fingerprint density at radius 3 is 3.00 bits per heavy atom. The number of fused-ring (bicyclic) bond motifs is 1. The number of aromatic nitrogens is 1. The molecule has 2 aliphatic heterocycles. The van der Waals surface area contributed by atoms with Crippen molar-refractivity contribution in [1.82, 2.24) is 4.98 Å². The van der Waals surface area contributed by atoms with Gasteiger partial charge in [0.2, 0.25) is 15.9 Å². The summed E-state index contributed by atoms with van der Waals surface area (Å²) in [4.78, 5) is 19.1. The van der Waals surface area contributed by atoms with Gasteiger partial charge in [0.25, 0.3) is 0 Å². The van der Waals surface area contributed by atoms with E-state index in [0.717, 1.165) is 17.0 Å². The highest BCUT2D eigenvalue weighted by Gasteiger charge is 2.35. The van der Waals surface area contributed by atoms with E-state index in [1.54, 1.807) is 4.90 Å². The first kappa shape index (κ1) is 13.9. The Kier molecular flexibility index (Phi) is 3.53. The number of thiazole rings is 1. The lowest BCUT2D eigenvalue weighted by molar-refractivity contribution is -0.117. The van der Waals surface area contributed by atoms with Crippen molar-refractivity contribution in [3.63, 3.8) is 0 Å². The minimum atomic E-state index is -3.55. The van der Waals surface area contributed by atoms with Gasteiger partial charge in [0, 0.05) is 25.3 Å². The highest BCUT2D eigenvalue weighted by atomic mass is 32.2. The monoisotopic (exact) mass is 317 g/mol. The van der Waals surface area contributed by atoms with Crippen molar-refractivity contribution in [2.75, 3.05) is 23.8 Å². The normalized spacial score (nSPS) is 23.1. The van der Waals surface area contributed by atoms with Crippen LogP contribution in [0.2, 0.25) is 0 Å². The predicted molar refractivity (Wildman–Crippen MR) is 73.9 cm³/mol.